The Balaban J connectivity index is 1.86. The van der Waals surface area contributed by atoms with Crippen LogP contribution in [0.3, 0.4) is 0 Å². The molecule has 0 aromatic heterocycles. The number of benzene rings is 2. The minimum absolute atomic E-state index is 0.107. The number of hydrogen-bond acceptors (Lipinski definition) is 8. The molecule has 0 fully saturated rings. The highest BCUT2D eigenvalue weighted by atomic mass is 16.7. The Bertz CT molecular complexity index is 824. The molecule has 158 valence electrons. The van der Waals surface area contributed by atoms with Crippen LogP contribution < -0.4 is 18.9 Å². The van der Waals surface area contributed by atoms with Crippen LogP contribution in [0.5, 0.6) is 23.0 Å². The van der Waals surface area contributed by atoms with Crippen molar-refractivity contribution < 1.29 is 39.4 Å². The third kappa shape index (κ3) is 4.25. The van der Waals surface area contributed by atoms with Gasteiger partial charge in [0.25, 0.3) is 0 Å². The van der Waals surface area contributed by atoms with Crippen molar-refractivity contribution in [3.05, 3.63) is 47.5 Å². The summed E-state index contributed by atoms with van der Waals surface area (Å²) in [5.41, 5.74) is 0.962. The van der Waals surface area contributed by atoms with Gasteiger partial charge >= 0.3 is 0 Å². The highest BCUT2D eigenvalue weighted by Gasteiger charge is 2.35. The van der Waals surface area contributed by atoms with E-state index in [1.54, 1.807) is 36.4 Å². The fraction of sp³-hybridized carbons (Fsp3) is 0.429. The zero-order valence-corrected chi connectivity index (χ0v) is 16.3. The van der Waals surface area contributed by atoms with Gasteiger partial charge in [-0.05, 0) is 35.4 Å². The maximum absolute atomic E-state index is 10.9. The van der Waals surface area contributed by atoms with Gasteiger partial charge in [0.1, 0.15) is 0 Å². The van der Waals surface area contributed by atoms with Crippen LogP contribution in [0.15, 0.2) is 36.4 Å². The summed E-state index contributed by atoms with van der Waals surface area (Å²) in [6.45, 7) is -0.775. The first-order chi connectivity index (χ1) is 14.0. The van der Waals surface area contributed by atoms with Crippen molar-refractivity contribution in [1.29, 1.82) is 0 Å². The van der Waals surface area contributed by atoms with Gasteiger partial charge in [0.2, 0.25) is 6.79 Å². The number of ether oxygens (including phenoxy) is 4. The van der Waals surface area contributed by atoms with Crippen LogP contribution in [0.1, 0.15) is 23.3 Å². The van der Waals surface area contributed by atoms with Crippen molar-refractivity contribution in [2.24, 2.45) is 11.8 Å². The normalized spacial score (nSPS) is 16.8. The summed E-state index contributed by atoms with van der Waals surface area (Å²) in [5.74, 6) is 0.340. The predicted molar refractivity (Wildman–Crippen MR) is 103 cm³/mol. The van der Waals surface area contributed by atoms with Crippen LogP contribution >= 0.6 is 0 Å². The summed E-state index contributed by atoms with van der Waals surface area (Å²) in [6.07, 6.45) is -2.29. The molecule has 0 amide bonds. The van der Waals surface area contributed by atoms with Gasteiger partial charge in [-0.1, -0.05) is 12.1 Å². The highest BCUT2D eigenvalue weighted by molar-refractivity contribution is 5.45. The van der Waals surface area contributed by atoms with Crippen molar-refractivity contribution in [2.45, 2.75) is 12.2 Å². The van der Waals surface area contributed by atoms with E-state index in [1.807, 2.05) is 0 Å². The molecule has 0 bridgehead atoms. The average molecular weight is 406 g/mol. The van der Waals surface area contributed by atoms with E-state index in [9.17, 15) is 20.4 Å². The lowest BCUT2D eigenvalue weighted by molar-refractivity contribution is -0.0424. The molecule has 8 heteroatoms. The van der Waals surface area contributed by atoms with E-state index in [-0.39, 0.29) is 6.79 Å². The van der Waals surface area contributed by atoms with Crippen LogP contribution in [-0.2, 0) is 0 Å². The van der Waals surface area contributed by atoms with E-state index < -0.39 is 37.3 Å². The van der Waals surface area contributed by atoms with Gasteiger partial charge in [-0.2, -0.15) is 0 Å². The molecule has 1 aliphatic rings. The summed E-state index contributed by atoms with van der Waals surface area (Å²) < 4.78 is 21.1. The number of aliphatic hydroxyl groups excluding tert-OH is 4. The Labute approximate surface area is 168 Å². The Hall–Kier alpha value is -2.52. The van der Waals surface area contributed by atoms with Gasteiger partial charge in [0.05, 0.1) is 26.4 Å². The Morgan fingerprint density at radius 1 is 0.793 bits per heavy atom. The molecule has 1 unspecified atom stereocenters. The average Bonchev–Trinajstić information content (AvgIpc) is 3.23. The van der Waals surface area contributed by atoms with Crippen LogP contribution in [0.25, 0.3) is 0 Å². The number of rotatable bonds is 9. The SMILES string of the molecule is COc1ccc(C(O)[C@@H](CO)[C@H](CO)[C@H](O)c2ccc3c(c2)OCO3)cc1OC. The van der Waals surface area contributed by atoms with Crippen molar-refractivity contribution in [3.8, 4) is 23.0 Å². The zero-order chi connectivity index (χ0) is 21.0. The Morgan fingerprint density at radius 3 is 1.93 bits per heavy atom. The van der Waals surface area contributed by atoms with Gasteiger partial charge in [-0.15, -0.1) is 0 Å². The number of methoxy groups -OCH3 is 2. The topological polar surface area (TPSA) is 118 Å². The van der Waals surface area contributed by atoms with E-state index in [1.165, 1.54) is 14.2 Å². The standard InChI is InChI=1S/C21H26O8/c1-26-16-5-3-12(7-18(16)27-2)20(24)14(9-22)15(10-23)21(25)13-4-6-17-19(8-13)29-11-28-17/h3-8,14-15,20-25H,9-11H2,1-2H3/t14-,15-,20?,21+/m0/s1. The van der Waals surface area contributed by atoms with Crippen LogP contribution in [0.4, 0.5) is 0 Å². The summed E-state index contributed by atoms with van der Waals surface area (Å²) in [4.78, 5) is 0. The van der Waals surface area contributed by atoms with Gasteiger partial charge in [-0.25, -0.2) is 0 Å². The number of aliphatic hydroxyl groups is 4. The lowest BCUT2D eigenvalue weighted by Crippen LogP contribution is -2.32. The minimum atomic E-state index is -1.15. The molecule has 1 aliphatic heterocycles. The zero-order valence-electron chi connectivity index (χ0n) is 16.3. The minimum Gasteiger partial charge on any atom is -0.493 e. The molecule has 0 aliphatic carbocycles. The van der Waals surface area contributed by atoms with E-state index in [0.29, 0.717) is 34.1 Å². The highest BCUT2D eigenvalue weighted by Crippen LogP contribution is 2.40. The van der Waals surface area contributed by atoms with Crippen molar-refractivity contribution in [1.82, 2.24) is 0 Å². The Morgan fingerprint density at radius 2 is 1.34 bits per heavy atom. The van der Waals surface area contributed by atoms with Crippen molar-refractivity contribution in [3.63, 3.8) is 0 Å². The maximum Gasteiger partial charge on any atom is 0.231 e. The summed E-state index contributed by atoms with van der Waals surface area (Å²) in [7, 11) is 2.99. The van der Waals surface area contributed by atoms with Gasteiger partial charge in [-0.3, -0.25) is 0 Å². The first kappa shape index (κ1) is 21.2. The van der Waals surface area contributed by atoms with E-state index in [4.69, 9.17) is 18.9 Å². The fourth-order valence-electron chi connectivity index (χ4n) is 3.57. The first-order valence-electron chi connectivity index (χ1n) is 9.23. The second kappa shape index (κ2) is 9.32. The molecule has 0 saturated carbocycles. The molecule has 0 saturated heterocycles. The molecule has 4 atom stereocenters. The molecule has 4 N–H and O–H groups in total. The molecular formula is C21H26O8. The molecule has 0 radical (unpaired) electrons. The van der Waals surface area contributed by atoms with Crippen molar-refractivity contribution in [2.75, 3.05) is 34.2 Å². The predicted octanol–water partition coefficient (Wildman–Crippen LogP) is 1.42. The molecule has 2 aromatic carbocycles. The van der Waals surface area contributed by atoms with Crippen LogP contribution in [0, 0.1) is 11.8 Å². The quantitative estimate of drug-likeness (QED) is 0.494. The summed E-state index contributed by atoms with van der Waals surface area (Å²) >= 11 is 0. The molecule has 1 heterocycles. The van der Waals surface area contributed by atoms with E-state index in [0.717, 1.165) is 0 Å². The summed E-state index contributed by atoms with van der Waals surface area (Å²) in [5, 5.41) is 41.7. The monoisotopic (exact) mass is 406 g/mol. The largest absolute Gasteiger partial charge is 0.493 e. The third-order valence-electron chi connectivity index (χ3n) is 5.27. The molecule has 29 heavy (non-hydrogen) atoms. The smallest absolute Gasteiger partial charge is 0.231 e. The van der Waals surface area contributed by atoms with Gasteiger partial charge < -0.3 is 39.4 Å². The third-order valence-corrected chi connectivity index (χ3v) is 5.27. The molecule has 8 nitrogen and oxygen atoms in total. The number of fused-ring (bicyclic) bond motifs is 1. The second-order valence-electron chi connectivity index (χ2n) is 6.81. The summed E-state index contributed by atoms with van der Waals surface area (Å²) in [6, 6.07) is 9.87. The van der Waals surface area contributed by atoms with E-state index in [2.05, 4.69) is 0 Å². The molecule has 3 rings (SSSR count). The van der Waals surface area contributed by atoms with Gasteiger partial charge in [0.15, 0.2) is 23.0 Å². The maximum atomic E-state index is 10.9. The molecule has 0 spiro atoms. The van der Waals surface area contributed by atoms with Crippen LogP contribution in [0.2, 0.25) is 0 Å². The Kier molecular flexibility index (Phi) is 6.81. The van der Waals surface area contributed by atoms with Gasteiger partial charge in [0, 0.05) is 25.0 Å². The van der Waals surface area contributed by atoms with E-state index >= 15 is 0 Å². The lowest BCUT2D eigenvalue weighted by atomic mass is 9.80. The van der Waals surface area contributed by atoms with Crippen LogP contribution in [-0.4, -0.2) is 54.7 Å². The lowest BCUT2D eigenvalue weighted by Gasteiger charge is -2.32. The first-order valence-corrected chi connectivity index (χ1v) is 9.23. The number of hydrogen-bond donors (Lipinski definition) is 4. The van der Waals surface area contributed by atoms with Crippen molar-refractivity contribution >= 4 is 0 Å². The second-order valence-corrected chi connectivity index (χ2v) is 6.81. The fourth-order valence-corrected chi connectivity index (χ4v) is 3.57. The molecular weight excluding hydrogens is 380 g/mol. The molecule has 2 aromatic rings.